The maximum absolute atomic E-state index is 5.80. The van der Waals surface area contributed by atoms with Crippen molar-refractivity contribution in [1.29, 1.82) is 0 Å². The summed E-state index contributed by atoms with van der Waals surface area (Å²) in [5, 5.41) is 3.68. The van der Waals surface area contributed by atoms with Gasteiger partial charge in [-0.15, -0.1) is 0 Å². The Morgan fingerprint density at radius 2 is 2.31 bits per heavy atom. The van der Waals surface area contributed by atoms with Gasteiger partial charge in [0, 0.05) is 31.8 Å². The lowest BCUT2D eigenvalue weighted by molar-refractivity contribution is 0.0189. The topological polar surface area (TPSA) is 24.5 Å². The summed E-state index contributed by atoms with van der Waals surface area (Å²) in [5.74, 6) is 0. The van der Waals surface area contributed by atoms with Gasteiger partial charge < -0.3 is 10.1 Å². The Labute approximate surface area is 99.5 Å². The number of nitrogens with one attached hydrogen (secondary N) is 1. The van der Waals surface area contributed by atoms with Gasteiger partial charge in [-0.05, 0) is 46.6 Å². The van der Waals surface area contributed by atoms with Crippen molar-refractivity contribution >= 4 is 0 Å². The highest BCUT2D eigenvalue weighted by molar-refractivity contribution is 4.88. The van der Waals surface area contributed by atoms with E-state index in [0.717, 1.165) is 13.2 Å². The van der Waals surface area contributed by atoms with Crippen molar-refractivity contribution in [2.24, 2.45) is 0 Å². The molecule has 2 heterocycles. The zero-order valence-corrected chi connectivity index (χ0v) is 11.0. The van der Waals surface area contributed by atoms with Crippen LogP contribution in [0.25, 0.3) is 0 Å². The predicted octanol–water partition coefficient (Wildman–Crippen LogP) is 1.63. The third-order valence-electron chi connectivity index (χ3n) is 4.02. The first-order chi connectivity index (χ1) is 7.59. The van der Waals surface area contributed by atoms with Crippen LogP contribution in [0.15, 0.2) is 0 Å². The predicted molar refractivity (Wildman–Crippen MR) is 66.7 cm³/mol. The van der Waals surface area contributed by atoms with Crippen molar-refractivity contribution in [2.45, 2.75) is 57.7 Å². The van der Waals surface area contributed by atoms with Gasteiger partial charge in [-0.3, -0.25) is 4.90 Å². The molecule has 2 rings (SSSR count). The van der Waals surface area contributed by atoms with Gasteiger partial charge >= 0.3 is 0 Å². The summed E-state index contributed by atoms with van der Waals surface area (Å²) < 4.78 is 5.80. The number of likely N-dealkylation sites (tertiary alicyclic amines) is 1. The van der Waals surface area contributed by atoms with E-state index in [2.05, 4.69) is 31.0 Å². The minimum Gasteiger partial charge on any atom is -0.374 e. The highest BCUT2D eigenvalue weighted by Gasteiger charge is 2.31. The normalized spacial score (nSPS) is 36.4. The molecule has 2 aliphatic rings. The van der Waals surface area contributed by atoms with Crippen LogP contribution in [0.5, 0.6) is 0 Å². The number of ether oxygens (including phenoxy) is 1. The molecule has 2 atom stereocenters. The van der Waals surface area contributed by atoms with Crippen molar-refractivity contribution in [2.75, 3.05) is 26.2 Å². The molecule has 3 nitrogen and oxygen atoms in total. The Morgan fingerprint density at radius 1 is 1.50 bits per heavy atom. The molecule has 2 aliphatic heterocycles. The maximum atomic E-state index is 5.80. The Balaban J connectivity index is 1.71. The fourth-order valence-electron chi connectivity index (χ4n) is 2.76. The summed E-state index contributed by atoms with van der Waals surface area (Å²) in [6, 6.07) is 1.36. The van der Waals surface area contributed by atoms with Gasteiger partial charge in [-0.2, -0.15) is 0 Å². The number of hydrogen-bond acceptors (Lipinski definition) is 3. The van der Waals surface area contributed by atoms with Crippen LogP contribution < -0.4 is 5.32 Å². The van der Waals surface area contributed by atoms with Crippen molar-refractivity contribution in [3.05, 3.63) is 0 Å². The quantitative estimate of drug-likeness (QED) is 0.788. The summed E-state index contributed by atoms with van der Waals surface area (Å²) in [6.45, 7) is 11.2. The highest BCUT2D eigenvalue weighted by atomic mass is 16.5. The standard InChI is InChI=1S/C13H26N2O/c1-11(2)15-7-5-12(9-15)14-10-13(3)6-4-8-16-13/h11-12,14H,4-10H2,1-3H3. The van der Waals surface area contributed by atoms with Gasteiger partial charge in [0.05, 0.1) is 5.60 Å². The molecule has 0 spiro atoms. The SMILES string of the molecule is CC(C)N1CCC(NCC2(C)CCCO2)C1. The van der Waals surface area contributed by atoms with Crippen LogP contribution in [0.2, 0.25) is 0 Å². The lowest BCUT2D eigenvalue weighted by atomic mass is 10.0. The average Bonchev–Trinajstić information content (AvgIpc) is 2.84. The van der Waals surface area contributed by atoms with Crippen LogP contribution >= 0.6 is 0 Å². The van der Waals surface area contributed by atoms with E-state index in [4.69, 9.17) is 4.74 Å². The van der Waals surface area contributed by atoms with Crippen LogP contribution in [-0.2, 0) is 4.74 Å². The lowest BCUT2D eigenvalue weighted by Gasteiger charge is -2.26. The first-order valence-electron chi connectivity index (χ1n) is 6.70. The Morgan fingerprint density at radius 3 is 2.88 bits per heavy atom. The zero-order valence-electron chi connectivity index (χ0n) is 11.0. The van der Waals surface area contributed by atoms with Crippen LogP contribution in [0.4, 0.5) is 0 Å². The maximum Gasteiger partial charge on any atom is 0.0779 e. The molecule has 0 aromatic rings. The smallest absolute Gasteiger partial charge is 0.0779 e. The third-order valence-corrected chi connectivity index (χ3v) is 4.02. The van der Waals surface area contributed by atoms with E-state index in [1.54, 1.807) is 0 Å². The van der Waals surface area contributed by atoms with E-state index < -0.39 is 0 Å². The van der Waals surface area contributed by atoms with Gasteiger partial charge in [-0.25, -0.2) is 0 Å². The molecular weight excluding hydrogens is 200 g/mol. The van der Waals surface area contributed by atoms with Gasteiger partial charge in [-0.1, -0.05) is 0 Å². The minimum atomic E-state index is 0.102. The van der Waals surface area contributed by atoms with Crippen molar-refractivity contribution in [1.82, 2.24) is 10.2 Å². The van der Waals surface area contributed by atoms with Crippen LogP contribution in [0, 0.1) is 0 Å². The lowest BCUT2D eigenvalue weighted by Crippen LogP contribution is -2.43. The molecule has 0 aromatic carbocycles. The molecule has 16 heavy (non-hydrogen) atoms. The van der Waals surface area contributed by atoms with E-state index in [0.29, 0.717) is 12.1 Å². The van der Waals surface area contributed by atoms with Gasteiger partial charge in [0.15, 0.2) is 0 Å². The Kier molecular flexibility index (Phi) is 3.88. The van der Waals surface area contributed by atoms with E-state index in [1.807, 2.05) is 0 Å². The summed E-state index contributed by atoms with van der Waals surface area (Å²) in [6.07, 6.45) is 3.72. The van der Waals surface area contributed by atoms with Crippen molar-refractivity contribution in [3.63, 3.8) is 0 Å². The molecule has 0 saturated carbocycles. The first kappa shape index (κ1) is 12.3. The molecule has 0 radical (unpaired) electrons. The molecule has 0 aliphatic carbocycles. The molecule has 3 heteroatoms. The zero-order chi connectivity index (χ0) is 11.6. The van der Waals surface area contributed by atoms with E-state index in [1.165, 1.54) is 32.4 Å². The largest absolute Gasteiger partial charge is 0.374 e. The third kappa shape index (κ3) is 2.96. The fourth-order valence-corrected chi connectivity index (χ4v) is 2.76. The molecule has 94 valence electrons. The Bertz CT molecular complexity index is 224. The summed E-state index contributed by atoms with van der Waals surface area (Å²) >= 11 is 0. The van der Waals surface area contributed by atoms with E-state index >= 15 is 0 Å². The summed E-state index contributed by atoms with van der Waals surface area (Å²) in [4.78, 5) is 2.55. The van der Waals surface area contributed by atoms with Crippen LogP contribution in [0.3, 0.4) is 0 Å². The average molecular weight is 226 g/mol. The monoisotopic (exact) mass is 226 g/mol. The second kappa shape index (κ2) is 5.03. The molecule has 1 N–H and O–H groups in total. The van der Waals surface area contributed by atoms with E-state index in [-0.39, 0.29) is 5.60 Å². The van der Waals surface area contributed by atoms with E-state index in [9.17, 15) is 0 Å². The second-order valence-corrected chi connectivity index (χ2v) is 5.86. The van der Waals surface area contributed by atoms with Gasteiger partial charge in [0.2, 0.25) is 0 Å². The van der Waals surface area contributed by atoms with Gasteiger partial charge in [0.25, 0.3) is 0 Å². The molecule has 2 fully saturated rings. The van der Waals surface area contributed by atoms with Crippen molar-refractivity contribution in [3.8, 4) is 0 Å². The summed E-state index contributed by atoms with van der Waals surface area (Å²) in [5.41, 5.74) is 0.102. The molecule has 0 aromatic heterocycles. The van der Waals surface area contributed by atoms with Gasteiger partial charge in [0.1, 0.15) is 0 Å². The number of rotatable bonds is 4. The fraction of sp³-hybridized carbons (Fsp3) is 1.00. The first-order valence-corrected chi connectivity index (χ1v) is 6.70. The minimum absolute atomic E-state index is 0.102. The number of nitrogens with zero attached hydrogens (tertiary/aromatic N) is 1. The molecular formula is C13H26N2O. The molecule has 0 amide bonds. The van der Waals surface area contributed by atoms with Crippen LogP contribution in [0.1, 0.15) is 40.0 Å². The Hall–Kier alpha value is -0.120. The summed E-state index contributed by atoms with van der Waals surface area (Å²) in [7, 11) is 0. The molecule has 0 bridgehead atoms. The van der Waals surface area contributed by atoms with Crippen LogP contribution in [-0.4, -0.2) is 48.8 Å². The molecule has 2 unspecified atom stereocenters. The second-order valence-electron chi connectivity index (χ2n) is 5.86. The number of hydrogen-bond donors (Lipinski definition) is 1. The highest BCUT2D eigenvalue weighted by Crippen LogP contribution is 2.24. The van der Waals surface area contributed by atoms with Crippen molar-refractivity contribution < 1.29 is 4.74 Å². The molecule has 2 saturated heterocycles.